The number of pyridine rings is 1. The van der Waals surface area contributed by atoms with Crippen molar-refractivity contribution in [2.75, 3.05) is 6.61 Å². The number of phenols is 2. The van der Waals surface area contributed by atoms with Crippen molar-refractivity contribution in [3.05, 3.63) is 57.3 Å². The predicted molar refractivity (Wildman–Crippen MR) is 104 cm³/mol. The second kappa shape index (κ2) is 7.09. The lowest BCUT2D eigenvalue weighted by Crippen LogP contribution is -1.93. The fourth-order valence-corrected chi connectivity index (χ4v) is 3.00. The molecule has 0 saturated carbocycles. The number of fused-ring (bicyclic) bond motifs is 1. The van der Waals surface area contributed by atoms with Crippen LogP contribution in [0.4, 0.5) is 0 Å². The lowest BCUT2D eigenvalue weighted by Gasteiger charge is -2.08. The van der Waals surface area contributed by atoms with Gasteiger partial charge in [-0.3, -0.25) is 0 Å². The molecule has 0 aliphatic heterocycles. The smallest absolute Gasteiger partial charge is 0.171 e. The van der Waals surface area contributed by atoms with Crippen LogP contribution >= 0.6 is 22.6 Å². The summed E-state index contributed by atoms with van der Waals surface area (Å²) in [5.41, 5.74) is 2.22. The van der Waals surface area contributed by atoms with Gasteiger partial charge in [-0.05, 0) is 65.4 Å². The molecule has 0 amide bonds. The van der Waals surface area contributed by atoms with Crippen molar-refractivity contribution in [2.45, 2.75) is 6.92 Å². The summed E-state index contributed by atoms with van der Waals surface area (Å²) in [6, 6.07) is 12.8. The first-order valence-electron chi connectivity index (χ1n) is 7.50. The number of nitrogens with zero attached hydrogens (tertiary/aromatic N) is 1. The zero-order valence-electron chi connectivity index (χ0n) is 13.0. The fraction of sp³-hybridized carbons (Fsp3) is 0.105. The predicted octanol–water partition coefficient (Wildman–Crippen LogP) is 4.82. The minimum atomic E-state index is 0.156. The van der Waals surface area contributed by atoms with Crippen LogP contribution in [0.15, 0.2) is 42.5 Å². The molecular weight excluding hydrogens is 417 g/mol. The van der Waals surface area contributed by atoms with Crippen LogP contribution in [0.3, 0.4) is 0 Å². The van der Waals surface area contributed by atoms with Gasteiger partial charge in [0, 0.05) is 5.39 Å². The van der Waals surface area contributed by atoms with Crippen molar-refractivity contribution in [1.29, 1.82) is 0 Å². The van der Waals surface area contributed by atoms with E-state index >= 15 is 0 Å². The summed E-state index contributed by atoms with van der Waals surface area (Å²) >= 11 is 2.07. The van der Waals surface area contributed by atoms with E-state index in [1.54, 1.807) is 18.2 Å². The highest BCUT2D eigenvalue weighted by molar-refractivity contribution is 14.1. The zero-order chi connectivity index (χ0) is 17.1. The third-order valence-corrected chi connectivity index (χ3v) is 4.34. The Balaban J connectivity index is 1.95. The van der Waals surface area contributed by atoms with E-state index in [1.807, 2.05) is 43.3 Å². The fourth-order valence-electron chi connectivity index (χ4n) is 2.38. The topological polar surface area (TPSA) is 62.6 Å². The monoisotopic (exact) mass is 433 g/mol. The number of para-hydroxylation sites is 1. The number of halogens is 1. The maximum atomic E-state index is 9.99. The molecule has 0 fully saturated rings. The highest BCUT2D eigenvalue weighted by Crippen LogP contribution is 2.33. The Kier molecular flexibility index (Phi) is 4.89. The molecule has 4 nitrogen and oxygen atoms in total. The maximum absolute atomic E-state index is 9.99. The molecule has 122 valence electrons. The molecule has 0 unspecified atom stereocenters. The van der Waals surface area contributed by atoms with Gasteiger partial charge in [0.25, 0.3) is 0 Å². The van der Waals surface area contributed by atoms with Crippen molar-refractivity contribution >= 4 is 45.6 Å². The molecule has 0 atom stereocenters. The molecule has 0 spiro atoms. The summed E-state index contributed by atoms with van der Waals surface area (Å²) in [6.45, 7) is 2.36. The largest absolute Gasteiger partial charge is 0.506 e. The Labute approximate surface area is 153 Å². The molecule has 1 aromatic heterocycles. The summed E-state index contributed by atoms with van der Waals surface area (Å²) in [6.07, 6.45) is 3.77. The summed E-state index contributed by atoms with van der Waals surface area (Å²) in [7, 11) is 0. The normalized spacial score (nSPS) is 11.2. The molecule has 3 aromatic rings. The van der Waals surface area contributed by atoms with Crippen LogP contribution in [0, 0.1) is 3.57 Å². The average molecular weight is 433 g/mol. The van der Waals surface area contributed by atoms with E-state index in [0.717, 1.165) is 20.2 Å². The van der Waals surface area contributed by atoms with Gasteiger partial charge in [0.2, 0.25) is 0 Å². The number of rotatable bonds is 4. The van der Waals surface area contributed by atoms with Crippen molar-refractivity contribution in [3.63, 3.8) is 0 Å². The number of ether oxygens (including phenoxy) is 1. The van der Waals surface area contributed by atoms with Crippen LogP contribution in [-0.4, -0.2) is 21.8 Å². The van der Waals surface area contributed by atoms with Crippen molar-refractivity contribution in [1.82, 2.24) is 4.98 Å². The number of benzene rings is 2. The van der Waals surface area contributed by atoms with Crippen molar-refractivity contribution in [3.8, 4) is 17.2 Å². The molecule has 0 bridgehead atoms. The molecule has 0 radical (unpaired) electrons. The summed E-state index contributed by atoms with van der Waals surface area (Å²) in [5.74, 6) is 0.789. The van der Waals surface area contributed by atoms with Crippen molar-refractivity contribution in [2.24, 2.45) is 0 Å². The van der Waals surface area contributed by atoms with Crippen LogP contribution in [0.1, 0.15) is 18.2 Å². The third-order valence-electron chi connectivity index (χ3n) is 3.52. The third kappa shape index (κ3) is 3.46. The van der Waals surface area contributed by atoms with Crippen LogP contribution in [-0.2, 0) is 0 Å². The van der Waals surface area contributed by atoms with E-state index in [1.165, 1.54) is 0 Å². The van der Waals surface area contributed by atoms with Gasteiger partial charge in [-0.15, -0.1) is 0 Å². The van der Waals surface area contributed by atoms with Gasteiger partial charge < -0.3 is 14.9 Å². The summed E-state index contributed by atoms with van der Waals surface area (Å²) < 4.78 is 6.17. The Morgan fingerprint density at radius 3 is 2.75 bits per heavy atom. The van der Waals surface area contributed by atoms with E-state index in [4.69, 9.17) is 4.74 Å². The van der Waals surface area contributed by atoms with Crippen LogP contribution in [0.5, 0.6) is 17.2 Å². The highest BCUT2D eigenvalue weighted by atomic mass is 127. The Morgan fingerprint density at radius 1 is 1.12 bits per heavy atom. The minimum absolute atomic E-state index is 0.156. The van der Waals surface area contributed by atoms with Gasteiger partial charge in [0.05, 0.1) is 15.9 Å². The first-order chi connectivity index (χ1) is 11.6. The lowest BCUT2D eigenvalue weighted by atomic mass is 10.1. The Morgan fingerprint density at radius 2 is 1.96 bits per heavy atom. The van der Waals surface area contributed by atoms with Gasteiger partial charge in [-0.25, -0.2) is 4.98 Å². The maximum Gasteiger partial charge on any atom is 0.171 e. The van der Waals surface area contributed by atoms with Crippen molar-refractivity contribution < 1.29 is 14.9 Å². The number of phenolic OH excluding ortho intramolecular Hbond substituents is 2. The van der Waals surface area contributed by atoms with E-state index in [9.17, 15) is 10.2 Å². The molecule has 3 rings (SSSR count). The Bertz CT molecular complexity index is 922. The molecule has 1 heterocycles. The molecule has 5 heteroatoms. The molecular formula is C19H16INO3. The molecule has 24 heavy (non-hydrogen) atoms. The molecule has 2 aromatic carbocycles. The van der Waals surface area contributed by atoms with E-state index in [0.29, 0.717) is 17.9 Å². The molecule has 2 N–H and O–H groups in total. The molecule has 0 saturated heterocycles. The molecule has 0 aliphatic rings. The summed E-state index contributed by atoms with van der Waals surface area (Å²) in [5, 5.41) is 20.8. The number of hydrogen-bond donors (Lipinski definition) is 2. The zero-order valence-corrected chi connectivity index (χ0v) is 15.2. The van der Waals surface area contributed by atoms with Crippen LogP contribution in [0.25, 0.3) is 23.1 Å². The second-order valence-corrected chi connectivity index (χ2v) is 6.36. The van der Waals surface area contributed by atoms with E-state index in [2.05, 4.69) is 27.6 Å². The van der Waals surface area contributed by atoms with E-state index < -0.39 is 0 Å². The van der Waals surface area contributed by atoms with Crippen LogP contribution < -0.4 is 4.74 Å². The molecule has 0 aliphatic carbocycles. The van der Waals surface area contributed by atoms with Gasteiger partial charge in [0.1, 0.15) is 11.3 Å². The highest BCUT2D eigenvalue weighted by Gasteiger charge is 2.08. The standard InChI is InChI=1S/C19H16INO3/c1-2-24-17-11-12(10-15(20)19(17)23)6-8-14-9-7-13-4-3-5-16(22)18(13)21-14/h3-11,22-23H,2H2,1H3/b8-6+. The average Bonchev–Trinajstić information content (AvgIpc) is 2.58. The SMILES string of the molecule is CCOc1cc(/C=C/c2ccc3cccc(O)c3n2)cc(I)c1O. The minimum Gasteiger partial charge on any atom is -0.506 e. The lowest BCUT2D eigenvalue weighted by molar-refractivity contribution is 0.317. The quantitative estimate of drug-likeness (QED) is 0.580. The second-order valence-electron chi connectivity index (χ2n) is 5.20. The van der Waals surface area contributed by atoms with Gasteiger partial charge in [-0.1, -0.05) is 24.3 Å². The number of aromatic hydroxyl groups is 2. The first kappa shape index (κ1) is 16.6. The first-order valence-corrected chi connectivity index (χ1v) is 8.58. The van der Waals surface area contributed by atoms with Gasteiger partial charge in [-0.2, -0.15) is 0 Å². The number of hydrogen-bond acceptors (Lipinski definition) is 4. The van der Waals surface area contributed by atoms with Crippen LogP contribution in [0.2, 0.25) is 0 Å². The van der Waals surface area contributed by atoms with Gasteiger partial charge >= 0.3 is 0 Å². The Hall–Kier alpha value is -2.28. The number of aromatic nitrogens is 1. The summed E-state index contributed by atoms with van der Waals surface area (Å²) in [4.78, 5) is 4.47. The van der Waals surface area contributed by atoms with Gasteiger partial charge in [0.15, 0.2) is 11.5 Å². The van der Waals surface area contributed by atoms with E-state index in [-0.39, 0.29) is 11.5 Å².